The number of benzene rings is 1. The second-order valence-corrected chi connectivity index (χ2v) is 6.28. The first kappa shape index (κ1) is 14.1. The van der Waals surface area contributed by atoms with Crippen LogP contribution in [0.1, 0.15) is 35.2 Å². The molecule has 0 bridgehead atoms. The third kappa shape index (κ3) is 2.62. The molecule has 0 radical (unpaired) electrons. The van der Waals surface area contributed by atoms with Crippen LogP contribution >= 0.6 is 11.6 Å². The number of carbonyl (C=O) groups is 1. The van der Waals surface area contributed by atoms with Gasteiger partial charge in [0.05, 0.1) is 12.2 Å². The molecule has 0 amide bonds. The van der Waals surface area contributed by atoms with Crippen LogP contribution in [0.25, 0.3) is 0 Å². The largest absolute Gasteiger partial charge is 0.378 e. The van der Waals surface area contributed by atoms with E-state index in [1.54, 1.807) is 6.07 Å². The van der Waals surface area contributed by atoms with E-state index >= 15 is 0 Å². The van der Waals surface area contributed by atoms with Gasteiger partial charge in [-0.3, -0.25) is 4.79 Å². The predicted octanol–water partition coefficient (Wildman–Crippen LogP) is 3.42. The van der Waals surface area contributed by atoms with Gasteiger partial charge in [-0.15, -0.1) is 0 Å². The molecule has 2 atom stereocenters. The molecule has 108 valence electrons. The molecule has 1 aromatic carbocycles. The lowest BCUT2D eigenvalue weighted by Gasteiger charge is -2.36. The Labute approximate surface area is 124 Å². The average molecular weight is 295 g/mol. The van der Waals surface area contributed by atoms with E-state index in [1.165, 1.54) is 0 Å². The zero-order valence-corrected chi connectivity index (χ0v) is 12.4. The Kier molecular flexibility index (Phi) is 3.85. The molecule has 2 saturated heterocycles. The van der Waals surface area contributed by atoms with Gasteiger partial charge in [0, 0.05) is 36.1 Å². The molecule has 4 heteroatoms. The van der Waals surface area contributed by atoms with Crippen LogP contribution in [0.5, 0.6) is 0 Å². The van der Waals surface area contributed by atoms with E-state index < -0.39 is 0 Å². The van der Waals surface area contributed by atoms with Gasteiger partial charge in [0.25, 0.3) is 0 Å². The first-order valence-electron chi connectivity index (χ1n) is 7.12. The number of hydrogen-bond donors (Lipinski definition) is 0. The molecule has 0 aromatic heterocycles. The molecule has 0 saturated carbocycles. The number of rotatable bonds is 2. The van der Waals surface area contributed by atoms with Gasteiger partial charge in [-0.25, -0.2) is 0 Å². The van der Waals surface area contributed by atoms with Crippen molar-refractivity contribution in [3.05, 3.63) is 34.3 Å². The van der Waals surface area contributed by atoms with E-state index in [2.05, 4.69) is 0 Å². The maximum atomic E-state index is 12.7. The molecule has 1 aromatic rings. The van der Waals surface area contributed by atoms with Gasteiger partial charge in [0.2, 0.25) is 0 Å². The second kappa shape index (κ2) is 5.47. The topological polar surface area (TPSA) is 35.5 Å². The van der Waals surface area contributed by atoms with Gasteiger partial charge in [-0.2, -0.15) is 0 Å². The maximum Gasteiger partial charge on any atom is 0.166 e. The lowest BCUT2D eigenvalue weighted by atomic mass is 9.80. The van der Waals surface area contributed by atoms with Crippen molar-refractivity contribution in [3.8, 4) is 0 Å². The van der Waals surface area contributed by atoms with E-state index in [-0.39, 0.29) is 17.3 Å². The fourth-order valence-electron chi connectivity index (χ4n) is 3.24. The van der Waals surface area contributed by atoms with E-state index in [0.717, 1.165) is 37.0 Å². The molecule has 2 heterocycles. The number of ketones is 1. The predicted molar refractivity (Wildman–Crippen MR) is 77.4 cm³/mol. The number of carbonyl (C=O) groups excluding carboxylic acids is 1. The van der Waals surface area contributed by atoms with Gasteiger partial charge in [0.15, 0.2) is 5.78 Å². The minimum atomic E-state index is -0.223. The molecular formula is C16H19ClO3. The molecule has 3 rings (SSSR count). The minimum absolute atomic E-state index is 0.0327. The summed E-state index contributed by atoms with van der Waals surface area (Å²) in [7, 11) is 0. The molecule has 0 aliphatic carbocycles. The minimum Gasteiger partial charge on any atom is -0.378 e. The molecule has 3 nitrogen and oxygen atoms in total. The van der Waals surface area contributed by atoms with Crippen LogP contribution in [0.15, 0.2) is 18.2 Å². The number of hydrogen-bond acceptors (Lipinski definition) is 3. The molecule has 2 aliphatic heterocycles. The molecule has 1 spiro atoms. The number of ether oxygens (including phenoxy) is 2. The van der Waals surface area contributed by atoms with Crippen LogP contribution in [0.2, 0.25) is 5.02 Å². The van der Waals surface area contributed by atoms with Crippen molar-refractivity contribution in [2.45, 2.75) is 31.8 Å². The third-order valence-electron chi connectivity index (χ3n) is 4.38. The highest BCUT2D eigenvalue weighted by molar-refractivity contribution is 6.30. The van der Waals surface area contributed by atoms with Crippen molar-refractivity contribution in [2.24, 2.45) is 5.92 Å². The van der Waals surface area contributed by atoms with Crippen LogP contribution < -0.4 is 0 Å². The van der Waals surface area contributed by atoms with Crippen LogP contribution in [-0.2, 0) is 9.47 Å². The number of aryl methyl sites for hydroxylation is 1. The Balaban J connectivity index is 1.79. The Bertz CT molecular complexity index is 520. The number of halogens is 1. The zero-order chi connectivity index (χ0) is 14.2. The van der Waals surface area contributed by atoms with Crippen molar-refractivity contribution in [1.29, 1.82) is 0 Å². The Morgan fingerprint density at radius 3 is 2.95 bits per heavy atom. The third-order valence-corrected chi connectivity index (χ3v) is 4.62. The summed E-state index contributed by atoms with van der Waals surface area (Å²) in [6, 6.07) is 5.48. The fraction of sp³-hybridized carbons (Fsp3) is 0.562. The highest BCUT2D eigenvalue weighted by Crippen LogP contribution is 2.37. The van der Waals surface area contributed by atoms with E-state index in [4.69, 9.17) is 21.1 Å². The summed E-state index contributed by atoms with van der Waals surface area (Å²) in [5.74, 6) is 0.249. The molecule has 2 unspecified atom stereocenters. The summed E-state index contributed by atoms with van der Waals surface area (Å²) in [6.45, 7) is 3.94. The van der Waals surface area contributed by atoms with Crippen LogP contribution in [0, 0.1) is 12.8 Å². The van der Waals surface area contributed by atoms with Crippen molar-refractivity contribution in [2.75, 3.05) is 19.8 Å². The van der Waals surface area contributed by atoms with Gasteiger partial charge >= 0.3 is 0 Å². The SMILES string of the molecule is Cc1cc(Cl)ccc1C(=O)C1CCOC2(CCOC2)C1. The van der Waals surface area contributed by atoms with Crippen molar-refractivity contribution in [3.63, 3.8) is 0 Å². The maximum absolute atomic E-state index is 12.7. The Morgan fingerprint density at radius 1 is 1.40 bits per heavy atom. The first-order valence-corrected chi connectivity index (χ1v) is 7.50. The van der Waals surface area contributed by atoms with E-state index in [1.807, 2.05) is 19.1 Å². The van der Waals surface area contributed by atoms with Crippen LogP contribution in [0.3, 0.4) is 0 Å². The van der Waals surface area contributed by atoms with Gasteiger partial charge in [0.1, 0.15) is 0 Å². The summed E-state index contributed by atoms with van der Waals surface area (Å²) >= 11 is 5.96. The number of Topliss-reactive ketones (excluding diaryl/α,β-unsaturated/α-hetero) is 1. The smallest absolute Gasteiger partial charge is 0.166 e. The highest BCUT2D eigenvalue weighted by Gasteiger charge is 2.43. The summed E-state index contributed by atoms with van der Waals surface area (Å²) in [5.41, 5.74) is 1.51. The lowest BCUT2D eigenvalue weighted by Crippen LogP contribution is -2.42. The van der Waals surface area contributed by atoms with Crippen LogP contribution in [-0.4, -0.2) is 31.2 Å². The zero-order valence-electron chi connectivity index (χ0n) is 11.7. The van der Waals surface area contributed by atoms with Gasteiger partial charge < -0.3 is 9.47 Å². The highest BCUT2D eigenvalue weighted by atomic mass is 35.5. The summed E-state index contributed by atoms with van der Waals surface area (Å²) in [6.07, 6.45) is 2.47. The molecule has 2 fully saturated rings. The monoisotopic (exact) mass is 294 g/mol. The second-order valence-electron chi connectivity index (χ2n) is 5.85. The van der Waals surface area contributed by atoms with E-state index in [0.29, 0.717) is 18.2 Å². The summed E-state index contributed by atoms with van der Waals surface area (Å²) in [4.78, 5) is 12.7. The van der Waals surface area contributed by atoms with Gasteiger partial charge in [-0.1, -0.05) is 11.6 Å². The van der Waals surface area contributed by atoms with Gasteiger partial charge in [-0.05, 0) is 43.5 Å². The molecular weight excluding hydrogens is 276 g/mol. The van der Waals surface area contributed by atoms with Crippen LogP contribution in [0.4, 0.5) is 0 Å². The standard InChI is InChI=1S/C16H19ClO3/c1-11-8-13(17)2-3-14(11)15(18)12-4-6-20-16(9-12)5-7-19-10-16/h2-3,8,12H,4-7,9-10H2,1H3. The quantitative estimate of drug-likeness (QED) is 0.784. The Hall–Kier alpha value is -0.900. The summed E-state index contributed by atoms with van der Waals surface area (Å²) in [5, 5.41) is 0.673. The fourth-order valence-corrected chi connectivity index (χ4v) is 3.46. The lowest BCUT2D eigenvalue weighted by molar-refractivity contribution is -0.0920. The Morgan fingerprint density at radius 2 is 2.25 bits per heavy atom. The first-order chi connectivity index (χ1) is 9.60. The van der Waals surface area contributed by atoms with Crippen molar-refractivity contribution in [1.82, 2.24) is 0 Å². The van der Waals surface area contributed by atoms with E-state index in [9.17, 15) is 4.79 Å². The normalized spacial score (nSPS) is 29.8. The summed E-state index contributed by atoms with van der Waals surface area (Å²) < 4.78 is 11.4. The van der Waals surface area contributed by atoms with Crippen molar-refractivity contribution >= 4 is 17.4 Å². The molecule has 2 aliphatic rings. The molecule has 20 heavy (non-hydrogen) atoms. The van der Waals surface area contributed by atoms with Crippen molar-refractivity contribution < 1.29 is 14.3 Å². The average Bonchev–Trinajstić information content (AvgIpc) is 2.86. The molecule has 0 N–H and O–H groups in total.